The van der Waals surface area contributed by atoms with Crippen LogP contribution >= 0.6 is 0 Å². The Labute approximate surface area is 82.7 Å². The zero-order valence-electron chi connectivity index (χ0n) is 7.97. The van der Waals surface area contributed by atoms with Gasteiger partial charge in [0.05, 0.1) is 12.8 Å². The summed E-state index contributed by atoms with van der Waals surface area (Å²) in [7, 11) is 1.64. The lowest BCUT2D eigenvalue weighted by Gasteiger charge is -2.09. The molecule has 3 nitrogen and oxygen atoms in total. The molecule has 0 atom stereocenters. The summed E-state index contributed by atoms with van der Waals surface area (Å²) >= 11 is 0. The molecule has 0 unspecified atom stereocenters. The van der Waals surface area contributed by atoms with Crippen LogP contribution < -0.4 is 10.5 Å². The number of nitrogen functional groups attached to an aromatic ring is 1. The minimum atomic E-state index is 0.706. The molecule has 0 fully saturated rings. The van der Waals surface area contributed by atoms with E-state index >= 15 is 0 Å². The zero-order chi connectivity index (χ0) is 9.97. The molecule has 0 saturated heterocycles. The fourth-order valence-corrected chi connectivity index (χ4v) is 1.40. The first-order valence-corrected chi connectivity index (χ1v) is 4.38. The molecule has 1 heterocycles. The van der Waals surface area contributed by atoms with Crippen molar-refractivity contribution in [2.45, 2.75) is 0 Å². The van der Waals surface area contributed by atoms with Crippen LogP contribution in [0.1, 0.15) is 0 Å². The van der Waals surface area contributed by atoms with Crippen LogP contribution in [-0.2, 0) is 0 Å². The van der Waals surface area contributed by atoms with Crippen LogP contribution in [0.4, 0.5) is 5.69 Å². The third-order valence-corrected chi connectivity index (χ3v) is 2.09. The second-order valence-corrected chi connectivity index (χ2v) is 3.02. The molecule has 0 aliphatic carbocycles. The van der Waals surface area contributed by atoms with Crippen molar-refractivity contribution in [2.24, 2.45) is 0 Å². The molecule has 1 aromatic carbocycles. The van der Waals surface area contributed by atoms with Gasteiger partial charge < -0.3 is 15.0 Å². The molecule has 0 aliphatic rings. The van der Waals surface area contributed by atoms with Crippen LogP contribution in [0.2, 0.25) is 0 Å². The van der Waals surface area contributed by atoms with E-state index in [9.17, 15) is 0 Å². The van der Waals surface area contributed by atoms with Gasteiger partial charge in [-0.3, -0.25) is 0 Å². The Morgan fingerprint density at radius 1 is 1.21 bits per heavy atom. The minimum Gasteiger partial charge on any atom is -0.494 e. The van der Waals surface area contributed by atoms with Crippen LogP contribution in [0, 0.1) is 0 Å². The highest BCUT2D eigenvalue weighted by molar-refractivity contribution is 5.55. The highest BCUT2D eigenvalue weighted by Gasteiger charge is 2.03. The largest absolute Gasteiger partial charge is 0.494 e. The number of nitrogens with two attached hydrogens (primary N) is 1. The number of ether oxygens (including phenoxy) is 1. The number of hydrogen-bond acceptors (Lipinski definition) is 2. The van der Waals surface area contributed by atoms with Crippen molar-refractivity contribution in [3.8, 4) is 11.4 Å². The maximum atomic E-state index is 5.67. The molecule has 2 aromatic rings. The van der Waals surface area contributed by atoms with E-state index in [0.29, 0.717) is 5.69 Å². The zero-order valence-corrected chi connectivity index (χ0v) is 7.97. The quantitative estimate of drug-likeness (QED) is 0.733. The number of nitrogens with zero attached hydrogens (tertiary/aromatic N) is 1. The van der Waals surface area contributed by atoms with Gasteiger partial charge in [-0.1, -0.05) is 0 Å². The predicted octanol–water partition coefficient (Wildman–Crippen LogP) is 2.07. The van der Waals surface area contributed by atoms with Crippen molar-refractivity contribution in [3.63, 3.8) is 0 Å². The first kappa shape index (κ1) is 8.69. The average molecular weight is 188 g/mol. The molecule has 0 amide bonds. The van der Waals surface area contributed by atoms with Crippen LogP contribution in [0.15, 0.2) is 42.7 Å². The van der Waals surface area contributed by atoms with Crippen molar-refractivity contribution in [2.75, 3.05) is 12.8 Å². The minimum absolute atomic E-state index is 0.706. The summed E-state index contributed by atoms with van der Waals surface area (Å²) in [5.41, 5.74) is 7.37. The summed E-state index contributed by atoms with van der Waals surface area (Å²) in [6, 6.07) is 9.55. The van der Waals surface area contributed by atoms with Gasteiger partial charge in [0.1, 0.15) is 5.75 Å². The summed E-state index contributed by atoms with van der Waals surface area (Å²) < 4.78 is 7.23. The Kier molecular flexibility index (Phi) is 2.14. The van der Waals surface area contributed by atoms with E-state index in [2.05, 4.69) is 0 Å². The van der Waals surface area contributed by atoms with E-state index in [1.165, 1.54) is 0 Å². The second-order valence-electron chi connectivity index (χ2n) is 3.02. The number of anilines is 1. The van der Waals surface area contributed by atoms with Gasteiger partial charge in [0.25, 0.3) is 0 Å². The summed E-state index contributed by atoms with van der Waals surface area (Å²) in [5.74, 6) is 0.779. The SMILES string of the molecule is COc1cc(N)ccc1-n1cccc1. The summed E-state index contributed by atoms with van der Waals surface area (Å²) in [6.45, 7) is 0. The van der Waals surface area contributed by atoms with Gasteiger partial charge in [-0.2, -0.15) is 0 Å². The molecule has 2 rings (SSSR count). The van der Waals surface area contributed by atoms with Crippen molar-refractivity contribution >= 4 is 5.69 Å². The van der Waals surface area contributed by atoms with Crippen LogP contribution in [0.3, 0.4) is 0 Å². The lowest BCUT2D eigenvalue weighted by atomic mass is 10.2. The molecular weight excluding hydrogens is 176 g/mol. The smallest absolute Gasteiger partial charge is 0.144 e. The van der Waals surface area contributed by atoms with Gasteiger partial charge in [-0.25, -0.2) is 0 Å². The predicted molar refractivity (Wildman–Crippen MR) is 56.7 cm³/mol. The topological polar surface area (TPSA) is 40.2 Å². The lowest BCUT2D eigenvalue weighted by Crippen LogP contribution is -1.96. The summed E-state index contributed by atoms with van der Waals surface area (Å²) in [6.07, 6.45) is 3.93. The van der Waals surface area contributed by atoms with Gasteiger partial charge in [0.15, 0.2) is 0 Å². The molecule has 0 aliphatic heterocycles. The second kappa shape index (κ2) is 3.46. The Hall–Kier alpha value is -1.90. The monoisotopic (exact) mass is 188 g/mol. The van der Waals surface area contributed by atoms with Gasteiger partial charge in [0.2, 0.25) is 0 Å². The summed E-state index contributed by atoms with van der Waals surface area (Å²) in [5, 5.41) is 0. The van der Waals surface area contributed by atoms with Gasteiger partial charge >= 0.3 is 0 Å². The number of aromatic nitrogens is 1. The first-order chi connectivity index (χ1) is 6.81. The fourth-order valence-electron chi connectivity index (χ4n) is 1.40. The van der Waals surface area contributed by atoms with Crippen molar-refractivity contribution < 1.29 is 4.74 Å². The molecule has 72 valence electrons. The van der Waals surface area contributed by atoms with E-state index in [4.69, 9.17) is 10.5 Å². The maximum absolute atomic E-state index is 5.67. The molecule has 2 N–H and O–H groups in total. The van der Waals surface area contributed by atoms with Crippen molar-refractivity contribution in [1.29, 1.82) is 0 Å². The molecular formula is C11H12N2O. The lowest BCUT2D eigenvalue weighted by molar-refractivity contribution is 0.413. The van der Waals surface area contributed by atoms with E-state index < -0.39 is 0 Å². The normalized spacial score (nSPS) is 10.1. The number of hydrogen-bond donors (Lipinski definition) is 1. The van der Waals surface area contributed by atoms with Gasteiger partial charge in [0, 0.05) is 24.1 Å². The van der Waals surface area contributed by atoms with Gasteiger partial charge in [-0.05, 0) is 24.3 Å². The highest BCUT2D eigenvalue weighted by Crippen LogP contribution is 2.24. The Balaban J connectivity index is 2.53. The van der Waals surface area contributed by atoms with E-state index in [1.807, 2.05) is 47.3 Å². The highest BCUT2D eigenvalue weighted by atomic mass is 16.5. The van der Waals surface area contributed by atoms with E-state index in [1.54, 1.807) is 7.11 Å². The molecule has 0 saturated carbocycles. The van der Waals surface area contributed by atoms with E-state index in [-0.39, 0.29) is 0 Å². The maximum Gasteiger partial charge on any atom is 0.144 e. The Morgan fingerprint density at radius 3 is 2.57 bits per heavy atom. The molecule has 0 radical (unpaired) electrons. The van der Waals surface area contributed by atoms with Crippen LogP contribution in [0.5, 0.6) is 5.75 Å². The fraction of sp³-hybridized carbons (Fsp3) is 0.0909. The van der Waals surface area contributed by atoms with Crippen LogP contribution in [0.25, 0.3) is 5.69 Å². The Bertz CT molecular complexity index is 421. The molecule has 1 aromatic heterocycles. The Morgan fingerprint density at radius 2 is 1.93 bits per heavy atom. The average Bonchev–Trinajstić information content (AvgIpc) is 2.70. The van der Waals surface area contributed by atoms with Crippen molar-refractivity contribution in [1.82, 2.24) is 4.57 Å². The molecule has 14 heavy (non-hydrogen) atoms. The number of methoxy groups -OCH3 is 1. The summed E-state index contributed by atoms with van der Waals surface area (Å²) in [4.78, 5) is 0. The standard InChI is InChI=1S/C11H12N2O/c1-14-11-8-9(12)4-5-10(11)13-6-2-3-7-13/h2-8H,12H2,1H3. The third-order valence-electron chi connectivity index (χ3n) is 2.09. The van der Waals surface area contributed by atoms with Gasteiger partial charge in [-0.15, -0.1) is 0 Å². The first-order valence-electron chi connectivity index (χ1n) is 4.38. The van der Waals surface area contributed by atoms with E-state index in [0.717, 1.165) is 11.4 Å². The molecule has 0 spiro atoms. The number of benzene rings is 1. The van der Waals surface area contributed by atoms with Crippen LogP contribution in [-0.4, -0.2) is 11.7 Å². The molecule has 0 bridgehead atoms. The number of rotatable bonds is 2. The van der Waals surface area contributed by atoms with Crippen molar-refractivity contribution in [3.05, 3.63) is 42.7 Å². The molecule has 3 heteroatoms. The third kappa shape index (κ3) is 1.44.